The molecule has 0 atom stereocenters. The minimum Gasteiger partial charge on any atom is -0.497 e. The van der Waals surface area contributed by atoms with Gasteiger partial charge in [0.15, 0.2) is 0 Å². The fourth-order valence-electron chi connectivity index (χ4n) is 1.18. The molecule has 0 saturated heterocycles. The third-order valence-electron chi connectivity index (χ3n) is 1.86. The van der Waals surface area contributed by atoms with Gasteiger partial charge in [0.2, 0.25) is 11.7 Å². The number of benzene rings is 1. The van der Waals surface area contributed by atoms with Gasteiger partial charge in [-0.2, -0.15) is 4.98 Å². The molecular formula is C10H10N2O2. The maximum absolute atomic E-state index is 5.10. The zero-order valence-electron chi connectivity index (χ0n) is 8.02. The maximum Gasteiger partial charge on any atom is 0.223 e. The van der Waals surface area contributed by atoms with Gasteiger partial charge in [-0.25, -0.2) is 0 Å². The lowest BCUT2D eigenvalue weighted by Gasteiger charge is -1.99. The second kappa shape index (κ2) is 3.49. The first kappa shape index (κ1) is 8.74. The smallest absolute Gasteiger partial charge is 0.223 e. The summed E-state index contributed by atoms with van der Waals surface area (Å²) in [5.74, 6) is 1.93. The van der Waals surface area contributed by atoms with E-state index in [0.29, 0.717) is 11.7 Å². The number of aromatic nitrogens is 2. The molecule has 0 aliphatic carbocycles. The lowest BCUT2D eigenvalue weighted by Crippen LogP contribution is -1.84. The summed E-state index contributed by atoms with van der Waals surface area (Å²) in [6.45, 7) is 1.76. The molecule has 0 fully saturated rings. The van der Waals surface area contributed by atoms with Crippen LogP contribution in [0, 0.1) is 6.92 Å². The van der Waals surface area contributed by atoms with E-state index in [2.05, 4.69) is 10.1 Å². The Kier molecular flexibility index (Phi) is 2.18. The molecule has 1 heterocycles. The average molecular weight is 190 g/mol. The molecule has 4 nitrogen and oxygen atoms in total. The molecule has 0 bridgehead atoms. The van der Waals surface area contributed by atoms with Crippen molar-refractivity contribution in [3.05, 3.63) is 30.2 Å². The van der Waals surface area contributed by atoms with Crippen molar-refractivity contribution in [3.63, 3.8) is 0 Å². The minimum atomic E-state index is 0.558. The number of nitrogens with zero attached hydrogens (tertiary/aromatic N) is 2. The van der Waals surface area contributed by atoms with Gasteiger partial charge in [-0.3, -0.25) is 0 Å². The van der Waals surface area contributed by atoms with E-state index >= 15 is 0 Å². The Morgan fingerprint density at radius 2 is 2.21 bits per heavy atom. The van der Waals surface area contributed by atoms with E-state index in [9.17, 15) is 0 Å². The molecule has 0 unspecified atom stereocenters. The van der Waals surface area contributed by atoms with Gasteiger partial charge in [0, 0.05) is 12.5 Å². The molecule has 2 rings (SSSR count). The molecular weight excluding hydrogens is 180 g/mol. The van der Waals surface area contributed by atoms with Gasteiger partial charge in [-0.1, -0.05) is 17.3 Å². The second-order valence-electron chi connectivity index (χ2n) is 2.87. The average Bonchev–Trinajstić information content (AvgIpc) is 2.65. The van der Waals surface area contributed by atoms with Crippen LogP contribution in [0.15, 0.2) is 28.8 Å². The van der Waals surface area contributed by atoms with Crippen molar-refractivity contribution in [1.29, 1.82) is 0 Å². The summed E-state index contributed by atoms with van der Waals surface area (Å²) in [4.78, 5) is 4.12. The maximum atomic E-state index is 5.10. The molecule has 0 aliphatic heterocycles. The Hall–Kier alpha value is -1.84. The standard InChI is InChI=1S/C10H10N2O2/c1-7-11-10(12-14-7)8-4-3-5-9(6-8)13-2/h3-6H,1-2H3. The van der Waals surface area contributed by atoms with Crippen molar-refractivity contribution in [2.75, 3.05) is 7.11 Å². The van der Waals surface area contributed by atoms with Gasteiger partial charge in [-0.05, 0) is 12.1 Å². The Morgan fingerprint density at radius 1 is 1.36 bits per heavy atom. The number of hydrogen-bond acceptors (Lipinski definition) is 4. The Bertz CT molecular complexity index is 437. The zero-order valence-corrected chi connectivity index (χ0v) is 8.02. The van der Waals surface area contributed by atoms with Crippen LogP contribution in [0.2, 0.25) is 0 Å². The first-order valence-corrected chi connectivity index (χ1v) is 4.24. The summed E-state index contributed by atoms with van der Waals surface area (Å²) in [6, 6.07) is 7.54. The number of rotatable bonds is 2. The SMILES string of the molecule is COc1cccc(-c2noc(C)n2)c1. The van der Waals surface area contributed by atoms with Gasteiger partial charge in [0.05, 0.1) is 7.11 Å². The highest BCUT2D eigenvalue weighted by molar-refractivity contribution is 5.56. The van der Waals surface area contributed by atoms with Crippen molar-refractivity contribution < 1.29 is 9.26 Å². The first-order valence-electron chi connectivity index (χ1n) is 4.24. The lowest BCUT2D eigenvalue weighted by atomic mass is 10.2. The topological polar surface area (TPSA) is 48.2 Å². The predicted molar refractivity (Wildman–Crippen MR) is 51.0 cm³/mol. The monoisotopic (exact) mass is 190 g/mol. The fourth-order valence-corrected chi connectivity index (χ4v) is 1.18. The van der Waals surface area contributed by atoms with Crippen LogP contribution >= 0.6 is 0 Å². The van der Waals surface area contributed by atoms with Crippen molar-refractivity contribution >= 4 is 0 Å². The number of methoxy groups -OCH3 is 1. The largest absolute Gasteiger partial charge is 0.497 e. The molecule has 0 radical (unpaired) electrons. The number of aryl methyl sites for hydroxylation is 1. The highest BCUT2D eigenvalue weighted by atomic mass is 16.5. The molecule has 4 heteroatoms. The zero-order chi connectivity index (χ0) is 9.97. The molecule has 0 saturated carbocycles. The van der Waals surface area contributed by atoms with Gasteiger partial charge in [0.1, 0.15) is 5.75 Å². The molecule has 1 aromatic carbocycles. The summed E-state index contributed by atoms with van der Waals surface area (Å²) in [5, 5.41) is 3.82. The third kappa shape index (κ3) is 1.59. The molecule has 2 aromatic rings. The Morgan fingerprint density at radius 3 is 2.86 bits per heavy atom. The molecule has 0 amide bonds. The first-order chi connectivity index (χ1) is 6.79. The van der Waals surface area contributed by atoms with Crippen LogP contribution in [0.25, 0.3) is 11.4 Å². The summed E-state index contributed by atoms with van der Waals surface area (Å²) in [6.07, 6.45) is 0. The van der Waals surface area contributed by atoms with E-state index in [1.807, 2.05) is 24.3 Å². The van der Waals surface area contributed by atoms with Crippen molar-refractivity contribution in [2.45, 2.75) is 6.92 Å². The minimum absolute atomic E-state index is 0.558. The van der Waals surface area contributed by atoms with E-state index in [4.69, 9.17) is 9.26 Å². The summed E-state index contributed by atoms with van der Waals surface area (Å²) < 4.78 is 9.99. The molecule has 14 heavy (non-hydrogen) atoms. The summed E-state index contributed by atoms with van der Waals surface area (Å²) in [7, 11) is 1.63. The summed E-state index contributed by atoms with van der Waals surface area (Å²) in [5.41, 5.74) is 0.890. The fraction of sp³-hybridized carbons (Fsp3) is 0.200. The van der Waals surface area contributed by atoms with Gasteiger partial charge in [-0.15, -0.1) is 0 Å². The van der Waals surface area contributed by atoms with Crippen LogP contribution in [-0.2, 0) is 0 Å². The third-order valence-corrected chi connectivity index (χ3v) is 1.86. The Labute approximate surface area is 81.5 Å². The van der Waals surface area contributed by atoms with Crippen molar-refractivity contribution in [3.8, 4) is 17.1 Å². The highest BCUT2D eigenvalue weighted by Gasteiger charge is 2.05. The van der Waals surface area contributed by atoms with Crippen LogP contribution in [-0.4, -0.2) is 17.3 Å². The van der Waals surface area contributed by atoms with E-state index in [1.54, 1.807) is 14.0 Å². The van der Waals surface area contributed by atoms with Crippen molar-refractivity contribution in [1.82, 2.24) is 10.1 Å². The predicted octanol–water partition coefficient (Wildman–Crippen LogP) is 2.05. The van der Waals surface area contributed by atoms with E-state index in [0.717, 1.165) is 11.3 Å². The van der Waals surface area contributed by atoms with Crippen LogP contribution in [0.4, 0.5) is 0 Å². The highest BCUT2D eigenvalue weighted by Crippen LogP contribution is 2.20. The molecule has 72 valence electrons. The molecule has 0 spiro atoms. The summed E-state index contributed by atoms with van der Waals surface area (Å²) >= 11 is 0. The van der Waals surface area contributed by atoms with Gasteiger partial charge >= 0.3 is 0 Å². The van der Waals surface area contributed by atoms with Crippen LogP contribution in [0.5, 0.6) is 5.75 Å². The van der Waals surface area contributed by atoms with Crippen LogP contribution in [0.3, 0.4) is 0 Å². The number of hydrogen-bond donors (Lipinski definition) is 0. The van der Waals surface area contributed by atoms with Crippen LogP contribution < -0.4 is 4.74 Å². The van der Waals surface area contributed by atoms with E-state index in [-0.39, 0.29) is 0 Å². The van der Waals surface area contributed by atoms with Gasteiger partial charge in [0.25, 0.3) is 0 Å². The van der Waals surface area contributed by atoms with Crippen molar-refractivity contribution in [2.24, 2.45) is 0 Å². The van der Waals surface area contributed by atoms with Gasteiger partial charge < -0.3 is 9.26 Å². The molecule has 0 N–H and O–H groups in total. The van der Waals surface area contributed by atoms with E-state index < -0.39 is 0 Å². The lowest BCUT2D eigenvalue weighted by molar-refractivity contribution is 0.394. The normalized spacial score (nSPS) is 10.1. The second-order valence-corrected chi connectivity index (χ2v) is 2.87. The Balaban J connectivity index is 2.41. The van der Waals surface area contributed by atoms with Crippen LogP contribution in [0.1, 0.15) is 5.89 Å². The van der Waals surface area contributed by atoms with E-state index in [1.165, 1.54) is 0 Å². The number of ether oxygens (including phenoxy) is 1. The molecule has 1 aromatic heterocycles. The quantitative estimate of drug-likeness (QED) is 0.727. The molecule has 0 aliphatic rings.